The van der Waals surface area contributed by atoms with E-state index in [1.54, 1.807) is 12.1 Å². The molecule has 0 aromatic heterocycles. The molecule has 1 aliphatic heterocycles. The van der Waals surface area contributed by atoms with Gasteiger partial charge >= 0.3 is 0 Å². The van der Waals surface area contributed by atoms with Crippen LogP contribution in [0.2, 0.25) is 0 Å². The lowest BCUT2D eigenvalue weighted by molar-refractivity contribution is 0.172. The molecule has 98 valence electrons. The first kappa shape index (κ1) is 13.2. The van der Waals surface area contributed by atoms with Crippen molar-refractivity contribution in [1.29, 1.82) is 0 Å². The Balaban J connectivity index is 1.90. The molecule has 18 heavy (non-hydrogen) atoms. The molecule has 2 unspecified atom stereocenters. The van der Waals surface area contributed by atoms with Crippen LogP contribution in [0.5, 0.6) is 0 Å². The number of nitrogens with one attached hydrogen (secondary N) is 1. The number of aliphatic hydroxyl groups excluding tert-OH is 1. The Hall–Kier alpha value is -1.24. The highest BCUT2D eigenvalue weighted by molar-refractivity contribution is 7.94. The van der Waals surface area contributed by atoms with E-state index in [1.165, 1.54) is 23.6 Å². The van der Waals surface area contributed by atoms with Crippen molar-refractivity contribution >= 4 is 9.84 Å². The van der Waals surface area contributed by atoms with Gasteiger partial charge in [-0.15, -0.1) is 0 Å². The zero-order chi connectivity index (χ0) is 13.2. The Morgan fingerprint density at radius 1 is 1.50 bits per heavy atom. The molecule has 1 heterocycles. The second kappa shape index (κ2) is 5.17. The number of hydrogen-bond donors (Lipinski definition) is 2. The SMILES string of the molecule is O=S1(=O)C=CC(NCC(O)c2cccc(F)c2)C1. The van der Waals surface area contributed by atoms with Crippen molar-refractivity contribution in [3.8, 4) is 0 Å². The number of rotatable bonds is 4. The quantitative estimate of drug-likeness (QED) is 0.848. The van der Waals surface area contributed by atoms with Gasteiger partial charge in [-0.1, -0.05) is 18.2 Å². The molecule has 2 atom stereocenters. The van der Waals surface area contributed by atoms with Crippen molar-refractivity contribution in [2.24, 2.45) is 0 Å². The molecule has 0 bridgehead atoms. The van der Waals surface area contributed by atoms with Gasteiger partial charge in [0.2, 0.25) is 0 Å². The second-order valence-corrected chi connectivity index (χ2v) is 6.17. The topological polar surface area (TPSA) is 66.4 Å². The first-order valence-electron chi connectivity index (χ1n) is 5.54. The third-order valence-electron chi connectivity index (χ3n) is 2.74. The fraction of sp³-hybridized carbons (Fsp3) is 0.333. The summed E-state index contributed by atoms with van der Waals surface area (Å²) in [6.45, 7) is 0.175. The van der Waals surface area contributed by atoms with E-state index in [-0.39, 0.29) is 18.3 Å². The van der Waals surface area contributed by atoms with Crippen molar-refractivity contribution in [3.63, 3.8) is 0 Å². The van der Waals surface area contributed by atoms with E-state index >= 15 is 0 Å². The van der Waals surface area contributed by atoms with E-state index in [0.717, 1.165) is 0 Å². The Morgan fingerprint density at radius 3 is 2.89 bits per heavy atom. The highest BCUT2D eigenvalue weighted by atomic mass is 32.2. The maximum atomic E-state index is 12.9. The standard InChI is InChI=1S/C12H14FNO3S/c13-10-3-1-2-9(6-10)12(15)7-14-11-4-5-18(16,17)8-11/h1-6,11-12,14-15H,7-8H2. The van der Waals surface area contributed by atoms with Crippen LogP contribution in [0.3, 0.4) is 0 Å². The van der Waals surface area contributed by atoms with Gasteiger partial charge in [-0.05, 0) is 17.7 Å². The summed E-state index contributed by atoms with van der Waals surface area (Å²) in [4.78, 5) is 0. The van der Waals surface area contributed by atoms with Crippen molar-refractivity contribution in [1.82, 2.24) is 5.32 Å². The number of sulfone groups is 1. The van der Waals surface area contributed by atoms with Crippen LogP contribution in [-0.4, -0.2) is 31.9 Å². The van der Waals surface area contributed by atoms with Crippen molar-refractivity contribution in [2.75, 3.05) is 12.3 Å². The summed E-state index contributed by atoms with van der Waals surface area (Å²) in [7, 11) is -3.10. The third-order valence-corrected chi connectivity index (χ3v) is 4.13. The summed E-state index contributed by atoms with van der Waals surface area (Å²) in [6, 6.07) is 5.41. The van der Waals surface area contributed by atoms with E-state index in [2.05, 4.69) is 5.32 Å². The monoisotopic (exact) mass is 271 g/mol. The van der Waals surface area contributed by atoms with E-state index in [9.17, 15) is 17.9 Å². The molecule has 0 amide bonds. The molecule has 0 radical (unpaired) electrons. The largest absolute Gasteiger partial charge is 0.387 e. The molecule has 0 saturated heterocycles. The summed E-state index contributed by atoms with van der Waals surface area (Å²) in [5.41, 5.74) is 0.465. The molecule has 0 spiro atoms. The summed E-state index contributed by atoms with van der Waals surface area (Å²) in [5.74, 6) is -0.405. The van der Waals surface area contributed by atoms with Crippen LogP contribution in [0.1, 0.15) is 11.7 Å². The summed E-state index contributed by atoms with van der Waals surface area (Å²) in [6.07, 6.45) is 0.686. The van der Waals surface area contributed by atoms with Crippen LogP contribution in [-0.2, 0) is 9.84 Å². The smallest absolute Gasteiger partial charge is 0.173 e. The predicted octanol–water partition coefficient (Wildman–Crippen LogP) is 0.759. The lowest BCUT2D eigenvalue weighted by Gasteiger charge is -2.15. The molecule has 4 nitrogen and oxygen atoms in total. The lowest BCUT2D eigenvalue weighted by atomic mass is 10.1. The van der Waals surface area contributed by atoms with Gasteiger partial charge in [-0.25, -0.2) is 12.8 Å². The van der Waals surface area contributed by atoms with Crippen LogP contribution >= 0.6 is 0 Å². The molecular weight excluding hydrogens is 257 g/mol. The summed E-state index contributed by atoms with van der Waals surface area (Å²) >= 11 is 0. The van der Waals surface area contributed by atoms with E-state index < -0.39 is 21.8 Å². The van der Waals surface area contributed by atoms with Crippen molar-refractivity contribution < 1.29 is 17.9 Å². The molecule has 0 fully saturated rings. The van der Waals surface area contributed by atoms with Gasteiger partial charge in [-0.2, -0.15) is 0 Å². The molecule has 2 N–H and O–H groups in total. The van der Waals surface area contributed by atoms with Crippen LogP contribution in [0.25, 0.3) is 0 Å². The minimum atomic E-state index is -3.10. The Kier molecular flexibility index (Phi) is 3.79. The van der Waals surface area contributed by atoms with Gasteiger partial charge in [0.05, 0.1) is 11.9 Å². The Labute approximate surface area is 105 Å². The summed E-state index contributed by atoms with van der Waals surface area (Å²) < 4.78 is 35.3. The van der Waals surface area contributed by atoms with Crippen LogP contribution in [0, 0.1) is 5.82 Å². The van der Waals surface area contributed by atoms with Gasteiger partial charge in [0.25, 0.3) is 0 Å². The van der Waals surface area contributed by atoms with Crippen molar-refractivity contribution in [2.45, 2.75) is 12.1 Å². The van der Waals surface area contributed by atoms with Gasteiger partial charge in [0.15, 0.2) is 9.84 Å². The van der Waals surface area contributed by atoms with Gasteiger partial charge in [0.1, 0.15) is 5.82 Å². The minimum Gasteiger partial charge on any atom is -0.387 e. The molecular formula is C12H14FNO3S. The van der Waals surface area contributed by atoms with Crippen LogP contribution < -0.4 is 5.32 Å². The summed E-state index contributed by atoms with van der Waals surface area (Å²) in [5, 5.41) is 13.9. The van der Waals surface area contributed by atoms with Gasteiger partial charge < -0.3 is 10.4 Å². The lowest BCUT2D eigenvalue weighted by Crippen LogP contribution is -2.33. The molecule has 1 aliphatic rings. The zero-order valence-corrected chi connectivity index (χ0v) is 10.4. The first-order valence-corrected chi connectivity index (χ1v) is 7.26. The maximum Gasteiger partial charge on any atom is 0.173 e. The number of hydrogen-bond acceptors (Lipinski definition) is 4. The third kappa shape index (κ3) is 3.38. The molecule has 0 aliphatic carbocycles. The van der Waals surface area contributed by atoms with Gasteiger partial charge in [0, 0.05) is 18.0 Å². The van der Waals surface area contributed by atoms with Crippen LogP contribution in [0.15, 0.2) is 35.7 Å². The zero-order valence-electron chi connectivity index (χ0n) is 9.58. The Morgan fingerprint density at radius 2 is 2.28 bits per heavy atom. The molecule has 2 rings (SSSR count). The predicted molar refractivity (Wildman–Crippen MR) is 66.1 cm³/mol. The van der Waals surface area contributed by atoms with Crippen LogP contribution in [0.4, 0.5) is 4.39 Å². The normalized spacial score (nSPS) is 23.1. The maximum absolute atomic E-state index is 12.9. The van der Waals surface area contributed by atoms with E-state index in [0.29, 0.717) is 5.56 Å². The van der Waals surface area contributed by atoms with E-state index in [4.69, 9.17) is 0 Å². The molecule has 1 aromatic carbocycles. The number of aliphatic hydroxyl groups is 1. The highest BCUT2D eigenvalue weighted by Gasteiger charge is 2.21. The first-order chi connectivity index (χ1) is 8.46. The molecule has 1 aromatic rings. The molecule has 0 saturated carbocycles. The van der Waals surface area contributed by atoms with E-state index in [1.807, 2.05) is 0 Å². The fourth-order valence-electron chi connectivity index (χ4n) is 1.80. The van der Waals surface area contributed by atoms with Gasteiger partial charge in [-0.3, -0.25) is 0 Å². The highest BCUT2D eigenvalue weighted by Crippen LogP contribution is 2.14. The van der Waals surface area contributed by atoms with Crippen molar-refractivity contribution in [3.05, 3.63) is 47.1 Å². The fourth-order valence-corrected chi connectivity index (χ4v) is 3.07. The number of halogens is 1. The molecule has 6 heteroatoms. The number of benzene rings is 1. The average molecular weight is 271 g/mol. The Bertz CT molecular complexity index is 556. The minimum absolute atomic E-state index is 0.00285. The second-order valence-electron chi connectivity index (χ2n) is 4.24. The average Bonchev–Trinajstić information content (AvgIpc) is 2.66.